The van der Waals surface area contributed by atoms with Crippen LogP contribution in [0.1, 0.15) is 40.0 Å². The summed E-state index contributed by atoms with van der Waals surface area (Å²) in [5.74, 6) is -0.0504. The quantitative estimate of drug-likeness (QED) is 0.294. The number of benzene rings is 2. The predicted molar refractivity (Wildman–Crippen MR) is 124 cm³/mol. The van der Waals surface area contributed by atoms with Crippen LogP contribution in [0.5, 0.6) is 23.0 Å². The van der Waals surface area contributed by atoms with Crippen LogP contribution in [-0.4, -0.2) is 57.2 Å². The summed E-state index contributed by atoms with van der Waals surface area (Å²) in [6.45, 7) is 0.887. The van der Waals surface area contributed by atoms with Gasteiger partial charge in [0.1, 0.15) is 30.8 Å². The summed E-state index contributed by atoms with van der Waals surface area (Å²) >= 11 is 3.29. The van der Waals surface area contributed by atoms with Gasteiger partial charge in [-0.3, -0.25) is 9.59 Å². The van der Waals surface area contributed by atoms with Crippen LogP contribution in [0.2, 0.25) is 0 Å². The second-order valence-electron chi connectivity index (χ2n) is 6.92. The first kappa shape index (κ1) is 24.4. The maximum Gasteiger partial charge on any atom is 0.255 e. The van der Waals surface area contributed by atoms with Gasteiger partial charge in [-0.05, 0) is 52.8 Å². The highest BCUT2D eigenvalue weighted by molar-refractivity contribution is 9.10. The summed E-state index contributed by atoms with van der Waals surface area (Å²) in [6, 6.07) is 5.90. The Hall–Kier alpha value is -2.88. The lowest BCUT2D eigenvalue weighted by atomic mass is 9.92. The van der Waals surface area contributed by atoms with E-state index in [4.69, 9.17) is 9.47 Å². The van der Waals surface area contributed by atoms with E-state index in [1.807, 2.05) is 0 Å². The van der Waals surface area contributed by atoms with Crippen molar-refractivity contribution in [2.75, 3.05) is 27.3 Å². The van der Waals surface area contributed by atoms with E-state index in [2.05, 4.69) is 26.6 Å². The molecular formula is C21H26BBrN2O6. The zero-order valence-corrected chi connectivity index (χ0v) is 19.3. The molecule has 0 atom stereocenters. The highest BCUT2D eigenvalue weighted by atomic mass is 79.9. The Balaban J connectivity index is 1.71. The number of carbonyl (C=O) groups is 2. The fourth-order valence-corrected chi connectivity index (χ4v) is 3.49. The number of amides is 2. The van der Waals surface area contributed by atoms with Crippen molar-refractivity contribution in [1.29, 1.82) is 0 Å². The van der Waals surface area contributed by atoms with E-state index >= 15 is 0 Å². The van der Waals surface area contributed by atoms with Crippen molar-refractivity contribution >= 4 is 41.1 Å². The summed E-state index contributed by atoms with van der Waals surface area (Å²) in [6.07, 6.45) is 2.22. The molecular weight excluding hydrogens is 467 g/mol. The lowest BCUT2D eigenvalue weighted by Gasteiger charge is -2.11. The number of unbranched alkanes of at least 4 members (excludes halogenated alkanes) is 2. The Morgan fingerprint density at radius 3 is 1.87 bits per heavy atom. The maximum atomic E-state index is 12.3. The monoisotopic (exact) mass is 492 g/mol. The van der Waals surface area contributed by atoms with Crippen molar-refractivity contribution in [2.24, 2.45) is 0 Å². The van der Waals surface area contributed by atoms with Crippen molar-refractivity contribution < 1.29 is 29.3 Å². The lowest BCUT2D eigenvalue weighted by Crippen LogP contribution is -2.26. The number of phenols is 2. The predicted octanol–water partition coefficient (Wildman–Crippen LogP) is 1.47. The molecule has 0 aromatic heterocycles. The Morgan fingerprint density at radius 1 is 0.871 bits per heavy atom. The first-order chi connectivity index (χ1) is 14.8. The van der Waals surface area contributed by atoms with Gasteiger partial charge in [0.05, 0.1) is 29.8 Å². The number of methoxy groups -OCH3 is 2. The third-order valence-corrected chi connectivity index (χ3v) is 5.32. The van der Waals surface area contributed by atoms with Gasteiger partial charge in [0.25, 0.3) is 11.8 Å². The number of ether oxygens (including phenoxy) is 2. The van der Waals surface area contributed by atoms with Crippen LogP contribution in [0, 0.1) is 0 Å². The standard InChI is InChI=1S/C21H26BBrN2O6/c1-30-18-10-16(26)12(8-14(18)22)20(28)24-6-4-3-5-7-25-21(29)13-9-15(23)19(31-2)11-17(13)27/h8-11,26-27H,3-7,22H2,1-2H3,(H,24,28)(H,25,29). The Labute approximate surface area is 190 Å². The molecule has 10 heteroatoms. The van der Waals surface area contributed by atoms with Crippen LogP contribution < -0.4 is 25.6 Å². The number of phenolic OH excluding ortho intramolecular Hbond substituents is 2. The molecule has 0 heterocycles. The molecule has 8 nitrogen and oxygen atoms in total. The fourth-order valence-electron chi connectivity index (χ4n) is 2.98. The van der Waals surface area contributed by atoms with Crippen molar-refractivity contribution in [2.45, 2.75) is 19.3 Å². The smallest absolute Gasteiger partial charge is 0.255 e. The van der Waals surface area contributed by atoms with Gasteiger partial charge < -0.3 is 30.3 Å². The third kappa shape index (κ3) is 6.55. The molecule has 0 aliphatic heterocycles. The van der Waals surface area contributed by atoms with Gasteiger partial charge in [-0.1, -0.05) is 0 Å². The van der Waals surface area contributed by atoms with Gasteiger partial charge in [0, 0.05) is 25.2 Å². The second-order valence-corrected chi connectivity index (χ2v) is 7.77. The van der Waals surface area contributed by atoms with E-state index in [-0.39, 0.29) is 34.4 Å². The first-order valence-corrected chi connectivity index (χ1v) is 10.6. The molecule has 0 unspecified atom stereocenters. The van der Waals surface area contributed by atoms with E-state index in [1.165, 1.54) is 32.4 Å². The molecule has 0 saturated heterocycles. The number of carbonyl (C=O) groups excluding carboxylic acids is 2. The minimum Gasteiger partial charge on any atom is -0.507 e. The SMILES string of the molecule is Bc1cc(C(=O)NCCCCCNC(=O)c2cc(Br)c(OC)cc2O)c(O)cc1OC. The largest absolute Gasteiger partial charge is 0.507 e. The number of hydrogen-bond donors (Lipinski definition) is 4. The normalized spacial score (nSPS) is 10.4. The molecule has 2 amide bonds. The summed E-state index contributed by atoms with van der Waals surface area (Å²) in [7, 11) is 4.78. The molecule has 0 aliphatic rings. The van der Waals surface area contributed by atoms with Crippen LogP contribution in [0.25, 0.3) is 0 Å². The van der Waals surface area contributed by atoms with E-state index in [0.717, 1.165) is 18.3 Å². The van der Waals surface area contributed by atoms with Crippen molar-refractivity contribution in [3.8, 4) is 23.0 Å². The number of rotatable bonds is 10. The fraction of sp³-hybridized carbons (Fsp3) is 0.333. The Kier molecular flexibility index (Phi) is 9.05. The van der Waals surface area contributed by atoms with E-state index < -0.39 is 0 Å². The average molecular weight is 493 g/mol. The second kappa shape index (κ2) is 11.5. The summed E-state index contributed by atoms with van der Waals surface area (Å²) in [5, 5.41) is 25.5. The minimum absolute atomic E-state index is 0.129. The van der Waals surface area contributed by atoms with Crippen LogP contribution in [0.15, 0.2) is 28.7 Å². The van der Waals surface area contributed by atoms with Crippen LogP contribution in [0.3, 0.4) is 0 Å². The molecule has 0 fully saturated rings. The number of hydrogen-bond acceptors (Lipinski definition) is 6. The highest BCUT2D eigenvalue weighted by Crippen LogP contribution is 2.32. The maximum absolute atomic E-state index is 12.3. The molecule has 0 spiro atoms. The number of aromatic hydroxyl groups is 2. The van der Waals surface area contributed by atoms with E-state index in [9.17, 15) is 19.8 Å². The van der Waals surface area contributed by atoms with Gasteiger partial charge in [-0.15, -0.1) is 0 Å². The van der Waals surface area contributed by atoms with Crippen LogP contribution >= 0.6 is 15.9 Å². The summed E-state index contributed by atoms with van der Waals surface area (Å²) in [4.78, 5) is 24.5. The van der Waals surface area contributed by atoms with Gasteiger partial charge in [0.15, 0.2) is 0 Å². The summed E-state index contributed by atoms with van der Waals surface area (Å²) in [5.41, 5.74) is 1.13. The molecule has 4 N–H and O–H groups in total. The third-order valence-electron chi connectivity index (χ3n) is 4.70. The molecule has 2 aromatic carbocycles. The molecule has 2 rings (SSSR count). The molecule has 0 aliphatic carbocycles. The van der Waals surface area contributed by atoms with E-state index in [1.54, 1.807) is 13.9 Å². The summed E-state index contributed by atoms with van der Waals surface area (Å²) < 4.78 is 10.8. The van der Waals surface area contributed by atoms with Gasteiger partial charge in [-0.2, -0.15) is 0 Å². The van der Waals surface area contributed by atoms with Crippen molar-refractivity contribution in [3.05, 3.63) is 39.9 Å². The highest BCUT2D eigenvalue weighted by Gasteiger charge is 2.15. The molecule has 0 bridgehead atoms. The topological polar surface area (TPSA) is 117 Å². The Morgan fingerprint density at radius 2 is 1.35 bits per heavy atom. The number of halogens is 1. The minimum atomic E-state index is -0.375. The molecule has 0 radical (unpaired) electrons. The molecule has 0 saturated carbocycles. The van der Waals surface area contributed by atoms with Gasteiger partial charge in [-0.25, -0.2) is 0 Å². The van der Waals surface area contributed by atoms with Crippen LogP contribution in [0.4, 0.5) is 0 Å². The zero-order valence-electron chi connectivity index (χ0n) is 17.8. The average Bonchev–Trinajstić information content (AvgIpc) is 2.75. The molecule has 166 valence electrons. The molecule has 2 aromatic rings. The first-order valence-electron chi connectivity index (χ1n) is 9.79. The van der Waals surface area contributed by atoms with E-state index in [0.29, 0.717) is 35.5 Å². The Bertz CT molecular complexity index is 878. The van der Waals surface area contributed by atoms with Gasteiger partial charge in [0.2, 0.25) is 0 Å². The molecule has 31 heavy (non-hydrogen) atoms. The zero-order chi connectivity index (χ0) is 23.0. The number of nitrogens with one attached hydrogen (secondary N) is 2. The van der Waals surface area contributed by atoms with Crippen molar-refractivity contribution in [3.63, 3.8) is 0 Å². The van der Waals surface area contributed by atoms with Crippen molar-refractivity contribution in [1.82, 2.24) is 10.6 Å². The lowest BCUT2D eigenvalue weighted by molar-refractivity contribution is 0.0944. The van der Waals surface area contributed by atoms with Gasteiger partial charge >= 0.3 is 0 Å². The van der Waals surface area contributed by atoms with Crippen LogP contribution in [-0.2, 0) is 0 Å².